The second-order valence-corrected chi connectivity index (χ2v) is 7.95. The molecule has 146 valence electrons. The van der Waals surface area contributed by atoms with Gasteiger partial charge in [-0.05, 0) is 49.8 Å². The summed E-state index contributed by atoms with van der Waals surface area (Å²) in [6.45, 7) is 6.69. The van der Waals surface area contributed by atoms with E-state index in [-0.39, 0.29) is 11.9 Å². The van der Waals surface area contributed by atoms with Crippen LogP contribution in [-0.2, 0) is 11.8 Å². The van der Waals surface area contributed by atoms with Crippen LogP contribution >= 0.6 is 0 Å². The molecule has 0 spiro atoms. The van der Waals surface area contributed by atoms with Crippen LogP contribution < -0.4 is 5.32 Å². The highest BCUT2D eigenvalue weighted by atomic mass is 16.2. The molecule has 1 aliphatic rings. The van der Waals surface area contributed by atoms with Crippen molar-refractivity contribution in [2.45, 2.75) is 45.1 Å². The number of nitrogens with zero attached hydrogens (tertiary/aromatic N) is 4. The summed E-state index contributed by atoms with van der Waals surface area (Å²) in [6, 6.07) is 10.6. The van der Waals surface area contributed by atoms with E-state index in [1.54, 1.807) is 11.0 Å². The fourth-order valence-corrected chi connectivity index (χ4v) is 3.91. The lowest BCUT2D eigenvalue weighted by molar-refractivity contribution is -0.123. The summed E-state index contributed by atoms with van der Waals surface area (Å²) in [5, 5.41) is 7.33. The first-order chi connectivity index (χ1) is 13.0. The smallest absolute Gasteiger partial charge is 0.234 e. The molecule has 6 heteroatoms. The molecule has 1 atom stereocenters. The second-order valence-electron chi connectivity index (χ2n) is 7.95. The van der Waals surface area contributed by atoms with E-state index < -0.39 is 0 Å². The molecule has 2 heterocycles. The zero-order valence-corrected chi connectivity index (χ0v) is 16.6. The third-order valence-corrected chi connectivity index (χ3v) is 5.33. The molecule has 0 saturated carbocycles. The standard InChI is InChI=1S/C21H31N5O/c1-16(2)13-19(21-22-15-23-25(21)3)24-20(27)14-26-11-9-18(10-12-26)17-7-5-4-6-8-17/h4-8,15-16,18-19H,9-14H2,1-3H3,(H,24,27)/t19-/m1/s1. The van der Waals surface area contributed by atoms with Crippen LogP contribution in [0.1, 0.15) is 56.5 Å². The molecule has 1 aromatic carbocycles. The highest BCUT2D eigenvalue weighted by Gasteiger charge is 2.24. The number of rotatable bonds is 7. The molecule has 0 bridgehead atoms. The maximum Gasteiger partial charge on any atom is 0.234 e. The first-order valence-electron chi connectivity index (χ1n) is 9.93. The van der Waals surface area contributed by atoms with Gasteiger partial charge in [0, 0.05) is 7.05 Å². The molecule has 1 N–H and O–H groups in total. The SMILES string of the molecule is CC(C)C[C@@H](NC(=O)CN1CCC(c2ccccc2)CC1)c1ncnn1C. The molecular weight excluding hydrogens is 338 g/mol. The molecule has 0 radical (unpaired) electrons. The van der Waals surface area contributed by atoms with Crippen molar-refractivity contribution in [2.75, 3.05) is 19.6 Å². The number of benzene rings is 1. The zero-order valence-electron chi connectivity index (χ0n) is 16.6. The van der Waals surface area contributed by atoms with E-state index in [4.69, 9.17) is 0 Å². The molecule has 6 nitrogen and oxygen atoms in total. The van der Waals surface area contributed by atoms with Crippen molar-refractivity contribution < 1.29 is 4.79 Å². The van der Waals surface area contributed by atoms with E-state index in [1.165, 1.54) is 5.56 Å². The molecule has 1 aromatic heterocycles. The number of amides is 1. The van der Waals surface area contributed by atoms with Crippen LogP contribution in [0.2, 0.25) is 0 Å². The normalized spacial score (nSPS) is 17.2. The summed E-state index contributed by atoms with van der Waals surface area (Å²) in [5.74, 6) is 1.97. The highest BCUT2D eigenvalue weighted by Crippen LogP contribution is 2.27. The average Bonchev–Trinajstić information content (AvgIpc) is 3.08. The van der Waals surface area contributed by atoms with Crippen molar-refractivity contribution in [1.29, 1.82) is 0 Å². The van der Waals surface area contributed by atoms with E-state index in [0.717, 1.165) is 38.2 Å². The van der Waals surface area contributed by atoms with Gasteiger partial charge in [0.05, 0.1) is 12.6 Å². The Labute approximate surface area is 162 Å². The average molecular weight is 370 g/mol. The summed E-state index contributed by atoms with van der Waals surface area (Å²) in [4.78, 5) is 19.2. The minimum Gasteiger partial charge on any atom is -0.345 e. The van der Waals surface area contributed by atoms with Gasteiger partial charge in [0.2, 0.25) is 5.91 Å². The van der Waals surface area contributed by atoms with Crippen molar-refractivity contribution >= 4 is 5.91 Å². The Morgan fingerprint density at radius 1 is 1.22 bits per heavy atom. The van der Waals surface area contributed by atoms with Crippen molar-refractivity contribution in [3.8, 4) is 0 Å². The topological polar surface area (TPSA) is 63.1 Å². The Morgan fingerprint density at radius 2 is 1.93 bits per heavy atom. The minimum absolute atomic E-state index is 0.0711. The van der Waals surface area contributed by atoms with Gasteiger partial charge in [-0.3, -0.25) is 14.4 Å². The first-order valence-corrected chi connectivity index (χ1v) is 9.93. The lowest BCUT2D eigenvalue weighted by atomic mass is 9.89. The number of hydrogen-bond donors (Lipinski definition) is 1. The van der Waals surface area contributed by atoms with Crippen molar-refractivity contribution in [1.82, 2.24) is 25.0 Å². The van der Waals surface area contributed by atoms with E-state index in [1.807, 2.05) is 7.05 Å². The molecule has 1 aliphatic heterocycles. The fraction of sp³-hybridized carbons (Fsp3) is 0.571. The maximum absolute atomic E-state index is 12.7. The molecule has 27 heavy (non-hydrogen) atoms. The number of likely N-dealkylation sites (tertiary alicyclic amines) is 1. The van der Waals surface area contributed by atoms with Gasteiger partial charge in [-0.1, -0.05) is 44.2 Å². The van der Waals surface area contributed by atoms with Crippen LogP contribution in [0.25, 0.3) is 0 Å². The molecule has 2 aromatic rings. The second kappa shape index (κ2) is 9.13. The summed E-state index contributed by atoms with van der Waals surface area (Å²) in [5.41, 5.74) is 1.42. The summed E-state index contributed by atoms with van der Waals surface area (Å²) in [6.07, 6.45) is 4.61. The fourth-order valence-electron chi connectivity index (χ4n) is 3.91. The Bertz CT molecular complexity index is 719. The van der Waals surface area contributed by atoms with Gasteiger partial charge in [0.15, 0.2) is 0 Å². The Kier molecular flexibility index (Phi) is 6.61. The van der Waals surface area contributed by atoms with E-state index in [9.17, 15) is 4.79 Å². The molecule has 0 aliphatic carbocycles. The van der Waals surface area contributed by atoms with E-state index >= 15 is 0 Å². The molecular formula is C21H31N5O. The van der Waals surface area contributed by atoms with Crippen LogP contribution in [-0.4, -0.2) is 45.2 Å². The maximum atomic E-state index is 12.7. The summed E-state index contributed by atoms with van der Waals surface area (Å²) in [7, 11) is 1.87. The van der Waals surface area contributed by atoms with Crippen LogP contribution in [0, 0.1) is 5.92 Å². The predicted molar refractivity (Wildman–Crippen MR) is 106 cm³/mol. The largest absolute Gasteiger partial charge is 0.345 e. The number of aromatic nitrogens is 3. The predicted octanol–water partition coefficient (Wildman–Crippen LogP) is 2.90. The third kappa shape index (κ3) is 5.39. The lowest BCUT2D eigenvalue weighted by Gasteiger charge is -2.32. The number of carbonyl (C=O) groups excluding carboxylic acids is 1. The zero-order chi connectivity index (χ0) is 19.2. The number of aryl methyl sites for hydroxylation is 1. The van der Waals surface area contributed by atoms with Gasteiger partial charge >= 0.3 is 0 Å². The number of nitrogens with one attached hydrogen (secondary N) is 1. The third-order valence-electron chi connectivity index (χ3n) is 5.33. The molecule has 3 rings (SSSR count). The highest BCUT2D eigenvalue weighted by molar-refractivity contribution is 5.78. The summed E-state index contributed by atoms with van der Waals surface area (Å²) >= 11 is 0. The minimum atomic E-state index is -0.0909. The molecule has 1 saturated heterocycles. The molecule has 1 amide bonds. The van der Waals surface area contributed by atoms with Gasteiger partial charge in [-0.25, -0.2) is 4.98 Å². The van der Waals surface area contributed by atoms with E-state index in [0.29, 0.717) is 18.4 Å². The molecule has 0 unspecified atom stereocenters. The number of carbonyl (C=O) groups is 1. The number of hydrogen-bond acceptors (Lipinski definition) is 4. The van der Waals surface area contributed by atoms with Gasteiger partial charge < -0.3 is 5.32 Å². The van der Waals surface area contributed by atoms with Gasteiger partial charge in [0.1, 0.15) is 12.2 Å². The number of piperidine rings is 1. The van der Waals surface area contributed by atoms with Crippen molar-refractivity contribution in [2.24, 2.45) is 13.0 Å². The Morgan fingerprint density at radius 3 is 2.52 bits per heavy atom. The van der Waals surface area contributed by atoms with Gasteiger partial charge in [0.25, 0.3) is 0 Å². The van der Waals surface area contributed by atoms with E-state index in [2.05, 4.69) is 64.5 Å². The molecule has 1 fully saturated rings. The Hall–Kier alpha value is -2.21. The van der Waals surface area contributed by atoms with Crippen LogP contribution in [0.15, 0.2) is 36.7 Å². The lowest BCUT2D eigenvalue weighted by Crippen LogP contribution is -2.42. The van der Waals surface area contributed by atoms with Crippen molar-refractivity contribution in [3.63, 3.8) is 0 Å². The first kappa shape index (κ1) is 19.5. The van der Waals surface area contributed by atoms with Gasteiger partial charge in [-0.15, -0.1) is 0 Å². The van der Waals surface area contributed by atoms with Crippen LogP contribution in [0.5, 0.6) is 0 Å². The quantitative estimate of drug-likeness (QED) is 0.815. The summed E-state index contributed by atoms with van der Waals surface area (Å²) < 4.78 is 1.75. The monoisotopic (exact) mass is 369 g/mol. The van der Waals surface area contributed by atoms with Gasteiger partial charge in [-0.2, -0.15) is 5.10 Å². The Balaban J connectivity index is 1.52. The van der Waals surface area contributed by atoms with Crippen molar-refractivity contribution in [3.05, 3.63) is 48.0 Å². The van der Waals surface area contributed by atoms with Crippen LogP contribution in [0.3, 0.4) is 0 Å². The van der Waals surface area contributed by atoms with Crippen LogP contribution in [0.4, 0.5) is 0 Å².